The summed E-state index contributed by atoms with van der Waals surface area (Å²) >= 11 is 6.42. The van der Waals surface area contributed by atoms with Crippen molar-refractivity contribution in [3.05, 3.63) is 89.2 Å². The van der Waals surface area contributed by atoms with E-state index < -0.39 is 34.3 Å². The SMILES string of the molecule is CCOc1ccc(S(=O)(=O)N(CC(=O)N(Cc2ccccc2Cl)[C@@H](CC)C(=O)NCC(C)C)c2ccc(F)cc2)cc1. The van der Waals surface area contributed by atoms with Gasteiger partial charge in [0.1, 0.15) is 24.2 Å². The van der Waals surface area contributed by atoms with Gasteiger partial charge in [0, 0.05) is 18.1 Å². The first-order chi connectivity index (χ1) is 20.0. The smallest absolute Gasteiger partial charge is 0.264 e. The van der Waals surface area contributed by atoms with Crippen LogP contribution in [0, 0.1) is 11.7 Å². The van der Waals surface area contributed by atoms with Crippen LogP contribution in [0.5, 0.6) is 5.75 Å². The van der Waals surface area contributed by atoms with Crippen molar-refractivity contribution in [3.8, 4) is 5.75 Å². The van der Waals surface area contributed by atoms with Crippen LogP contribution in [0.2, 0.25) is 5.02 Å². The number of nitrogens with one attached hydrogen (secondary N) is 1. The molecule has 11 heteroatoms. The Labute approximate surface area is 252 Å². The first-order valence-corrected chi connectivity index (χ1v) is 15.6. The normalized spacial score (nSPS) is 12.1. The average molecular weight is 618 g/mol. The molecule has 0 radical (unpaired) electrons. The lowest BCUT2D eigenvalue weighted by Gasteiger charge is -2.33. The maximum absolute atomic E-state index is 14.1. The fourth-order valence-electron chi connectivity index (χ4n) is 4.29. The minimum Gasteiger partial charge on any atom is -0.494 e. The van der Waals surface area contributed by atoms with Gasteiger partial charge < -0.3 is 15.0 Å². The average Bonchev–Trinajstić information content (AvgIpc) is 2.96. The van der Waals surface area contributed by atoms with Gasteiger partial charge >= 0.3 is 0 Å². The van der Waals surface area contributed by atoms with Crippen molar-refractivity contribution in [3.63, 3.8) is 0 Å². The highest BCUT2D eigenvalue weighted by Gasteiger charge is 2.34. The molecule has 1 N–H and O–H groups in total. The lowest BCUT2D eigenvalue weighted by atomic mass is 10.1. The molecule has 0 saturated heterocycles. The molecule has 226 valence electrons. The Morgan fingerprint density at radius 2 is 1.62 bits per heavy atom. The van der Waals surface area contributed by atoms with Crippen LogP contribution in [0.4, 0.5) is 10.1 Å². The highest BCUT2D eigenvalue weighted by molar-refractivity contribution is 7.92. The van der Waals surface area contributed by atoms with E-state index in [4.69, 9.17) is 16.3 Å². The molecule has 0 saturated carbocycles. The molecule has 0 aliphatic heterocycles. The zero-order valence-electron chi connectivity index (χ0n) is 24.2. The second kappa shape index (κ2) is 15.0. The third-order valence-corrected chi connectivity index (χ3v) is 8.64. The summed E-state index contributed by atoms with van der Waals surface area (Å²) in [5, 5.41) is 3.29. The van der Waals surface area contributed by atoms with Crippen LogP contribution in [0.3, 0.4) is 0 Å². The second-order valence-corrected chi connectivity index (χ2v) is 12.3. The predicted molar refractivity (Wildman–Crippen MR) is 162 cm³/mol. The van der Waals surface area contributed by atoms with Gasteiger partial charge in [-0.3, -0.25) is 13.9 Å². The molecular formula is C31H37ClFN3O5S. The molecule has 0 spiro atoms. The van der Waals surface area contributed by atoms with Crippen LogP contribution in [0.1, 0.15) is 39.7 Å². The van der Waals surface area contributed by atoms with E-state index in [1.807, 2.05) is 20.8 Å². The minimum atomic E-state index is -4.30. The number of carbonyl (C=O) groups excluding carboxylic acids is 2. The first kappa shape index (κ1) is 32.9. The van der Waals surface area contributed by atoms with Gasteiger partial charge in [-0.1, -0.05) is 50.6 Å². The van der Waals surface area contributed by atoms with Gasteiger partial charge in [0.05, 0.1) is 17.2 Å². The van der Waals surface area contributed by atoms with Gasteiger partial charge in [-0.25, -0.2) is 12.8 Å². The van der Waals surface area contributed by atoms with Gasteiger partial charge in [-0.2, -0.15) is 0 Å². The van der Waals surface area contributed by atoms with Crippen molar-refractivity contribution in [2.24, 2.45) is 5.92 Å². The number of benzene rings is 3. The van der Waals surface area contributed by atoms with E-state index in [0.717, 1.165) is 16.4 Å². The molecule has 0 fully saturated rings. The number of amides is 2. The number of halogens is 2. The zero-order valence-corrected chi connectivity index (χ0v) is 25.8. The molecule has 2 amide bonds. The van der Waals surface area contributed by atoms with E-state index >= 15 is 0 Å². The summed E-state index contributed by atoms with van der Waals surface area (Å²) in [4.78, 5) is 28.6. The van der Waals surface area contributed by atoms with E-state index in [9.17, 15) is 22.4 Å². The van der Waals surface area contributed by atoms with Crippen LogP contribution >= 0.6 is 11.6 Å². The summed E-state index contributed by atoms with van der Waals surface area (Å²) in [5.74, 6) is -0.858. The van der Waals surface area contributed by atoms with Gasteiger partial charge in [-0.15, -0.1) is 0 Å². The Bertz CT molecular complexity index is 1450. The fraction of sp³-hybridized carbons (Fsp3) is 0.355. The van der Waals surface area contributed by atoms with E-state index in [1.54, 1.807) is 31.2 Å². The summed E-state index contributed by atoms with van der Waals surface area (Å²) in [7, 11) is -4.30. The molecule has 0 unspecified atom stereocenters. The molecule has 3 rings (SSSR count). The Kier molecular flexibility index (Phi) is 11.8. The zero-order chi connectivity index (χ0) is 30.9. The molecule has 0 aliphatic rings. The number of carbonyl (C=O) groups is 2. The number of anilines is 1. The largest absolute Gasteiger partial charge is 0.494 e. The third kappa shape index (κ3) is 8.45. The van der Waals surface area contributed by atoms with Crippen molar-refractivity contribution in [1.29, 1.82) is 0 Å². The first-order valence-electron chi connectivity index (χ1n) is 13.8. The Balaban J connectivity index is 2.04. The van der Waals surface area contributed by atoms with Gasteiger partial charge in [0.2, 0.25) is 11.8 Å². The van der Waals surface area contributed by atoms with Crippen molar-refractivity contribution < 1.29 is 27.1 Å². The predicted octanol–water partition coefficient (Wildman–Crippen LogP) is 5.65. The van der Waals surface area contributed by atoms with Crippen LogP contribution in [0.15, 0.2) is 77.7 Å². The number of rotatable bonds is 14. The fourth-order valence-corrected chi connectivity index (χ4v) is 5.90. The van der Waals surface area contributed by atoms with E-state index in [1.165, 1.54) is 41.3 Å². The summed E-state index contributed by atoms with van der Waals surface area (Å²) < 4.78 is 48.0. The van der Waals surface area contributed by atoms with Crippen molar-refractivity contribution in [1.82, 2.24) is 10.2 Å². The quantitative estimate of drug-likeness (QED) is 0.252. The van der Waals surface area contributed by atoms with Crippen LogP contribution in [0.25, 0.3) is 0 Å². The third-order valence-electron chi connectivity index (χ3n) is 6.49. The number of nitrogens with zero attached hydrogens (tertiary/aromatic N) is 2. The van der Waals surface area contributed by atoms with Gasteiger partial charge in [0.25, 0.3) is 10.0 Å². The molecule has 8 nitrogen and oxygen atoms in total. The minimum absolute atomic E-state index is 0.0214. The Morgan fingerprint density at radius 1 is 0.976 bits per heavy atom. The van der Waals surface area contributed by atoms with E-state index in [2.05, 4.69) is 5.32 Å². The Morgan fingerprint density at radius 3 is 2.19 bits per heavy atom. The Hall–Kier alpha value is -3.63. The number of hydrogen-bond donors (Lipinski definition) is 1. The molecule has 0 bridgehead atoms. The summed E-state index contributed by atoms with van der Waals surface area (Å²) in [6.45, 7) is 7.67. The molecule has 3 aromatic rings. The maximum Gasteiger partial charge on any atom is 0.264 e. The molecular weight excluding hydrogens is 581 g/mol. The molecule has 0 heterocycles. The monoisotopic (exact) mass is 617 g/mol. The standard InChI is InChI=1S/C31H37ClFN3O5S/c1-5-29(31(38)34-19-22(3)4)35(20-23-9-7-8-10-28(23)32)30(37)21-36(25-13-11-24(33)12-14-25)42(39,40)27-17-15-26(16-18-27)41-6-2/h7-18,22,29H,5-6,19-21H2,1-4H3,(H,34,38)/t29-/m0/s1. The van der Waals surface area contributed by atoms with Crippen molar-refractivity contribution in [2.75, 3.05) is 24.0 Å². The molecule has 1 atom stereocenters. The molecule has 3 aromatic carbocycles. The van der Waals surface area contributed by atoms with Crippen LogP contribution in [-0.4, -0.2) is 50.9 Å². The van der Waals surface area contributed by atoms with E-state index in [-0.39, 0.29) is 35.4 Å². The summed E-state index contributed by atoms with van der Waals surface area (Å²) in [5.41, 5.74) is 0.693. The molecule has 0 aliphatic carbocycles. The number of sulfonamides is 1. The highest BCUT2D eigenvalue weighted by atomic mass is 35.5. The number of ether oxygens (including phenoxy) is 1. The lowest BCUT2D eigenvalue weighted by Crippen LogP contribution is -2.52. The second-order valence-electron chi connectivity index (χ2n) is 10.1. The van der Waals surface area contributed by atoms with Crippen LogP contribution < -0.4 is 14.4 Å². The van der Waals surface area contributed by atoms with Crippen LogP contribution in [-0.2, 0) is 26.2 Å². The topological polar surface area (TPSA) is 96.0 Å². The summed E-state index contributed by atoms with van der Waals surface area (Å²) in [6, 6.07) is 16.7. The number of hydrogen-bond acceptors (Lipinski definition) is 5. The van der Waals surface area contributed by atoms with Crippen molar-refractivity contribution in [2.45, 2.75) is 51.6 Å². The van der Waals surface area contributed by atoms with Gasteiger partial charge in [0.15, 0.2) is 0 Å². The maximum atomic E-state index is 14.1. The van der Waals surface area contributed by atoms with Crippen molar-refractivity contribution >= 4 is 39.1 Å². The van der Waals surface area contributed by atoms with E-state index in [0.29, 0.717) is 29.5 Å². The van der Waals surface area contributed by atoms with Gasteiger partial charge in [-0.05, 0) is 79.4 Å². The molecule has 0 aromatic heterocycles. The highest BCUT2D eigenvalue weighted by Crippen LogP contribution is 2.27. The lowest BCUT2D eigenvalue weighted by molar-refractivity contribution is -0.140. The summed E-state index contributed by atoms with van der Waals surface area (Å²) in [6.07, 6.45) is 0.280. The molecule has 42 heavy (non-hydrogen) atoms.